The van der Waals surface area contributed by atoms with Crippen molar-refractivity contribution in [2.45, 2.75) is 32.6 Å². The molecular formula is C19H20N2O4S. The Kier molecular flexibility index (Phi) is 4.91. The zero-order valence-electron chi connectivity index (χ0n) is 15.1. The van der Waals surface area contributed by atoms with Crippen LogP contribution in [0.4, 0.5) is 10.7 Å². The first kappa shape index (κ1) is 18.3. The van der Waals surface area contributed by atoms with Crippen molar-refractivity contribution in [3.8, 4) is 0 Å². The molecule has 0 bridgehead atoms. The molecule has 1 aliphatic rings. The van der Waals surface area contributed by atoms with Crippen LogP contribution in [0.1, 0.15) is 48.6 Å². The average molecular weight is 372 g/mol. The lowest BCUT2D eigenvalue weighted by Gasteiger charge is -2.28. The number of fused-ring (bicyclic) bond motifs is 1. The van der Waals surface area contributed by atoms with Crippen molar-refractivity contribution in [2.75, 3.05) is 7.11 Å². The molecule has 0 fully saturated rings. The average Bonchev–Trinajstić information content (AvgIpc) is 3.03. The van der Waals surface area contributed by atoms with Crippen LogP contribution in [0.25, 0.3) is 0 Å². The summed E-state index contributed by atoms with van der Waals surface area (Å²) in [5.74, 6) is -1.29. The van der Waals surface area contributed by atoms with Crippen molar-refractivity contribution >= 4 is 33.7 Å². The molecule has 0 amide bonds. The fraction of sp³-hybridized carbons (Fsp3) is 0.368. The highest BCUT2D eigenvalue weighted by Crippen LogP contribution is 2.49. The van der Waals surface area contributed by atoms with Gasteiger partial charge in [-0.3, -0.25) is 14.9 Å². The van der Waals surface area contributed by atoms with Crippen LogP contribution in [-0.4, -0.2) is 23.7 Å². The number of nitro groups is 1. The summed E-state index contributed by atoms with van der Waals surface area (Å²) in [6, 6.07) is 8.60. The van der Waals surface area contributed by atoms with Crippen molar-refractivity contribution < 1.29 is 14.5 Å². The minimum Gasteiger partial charge on any atom is -0.468 e. The zero-order valence-corrected chi connectivity index (χ0v) is 15.9. The molecule has 2 heterocycles. The number of esters is 1. The van der Waals surface area contributed by atoms with Crippen molar-refractivity contribution in [2.24, 2.45) is 10.9 Å². The lowest BCUT2D eigenvalue weighted by atomic mass is 9.76. The maximum Gasteiger partial charge on any atom is 0.315 e. The number of carbonyl (C=O) groups is 1. The Morgan fingerprint density at radius 1 is 1.31 bits per heavy atom. The summed E-state index contributed by atoms with van der Waals surface area (Å²) in [4.78, 5) is 29.5. The molecule has 2 unspecified atom stereocenters. The molecule has 0 saturated heterocycles. The van der Waals surface area contributed by atoms with E-state index in [0.717, 1.165) is 15.4 Å². The molecular weight excluding hydrogens is 352 g/mol. The first-order valence-corrected chi connectivity index (χ1v) is 9.16. The minimum absolute atomic E-state index is 0.00403. The van der Waals surface area contributed by atoms with E-state index in [-0.39, 0.29) is 5.69 Å². The Hall–Kier alpha value is -2.54. The normalized spacial score (nSPS) is 19.0. The van der Waals surface area contributed by atoms with Crippen LogP contribution >= 0.6 is 11.3 Å². The molecule has 1 aromatic heterocycles. The van der Waals surface area contributed by atoms with Gasteiger partial charge in [0, 0.05) is 28.1 Å². The number of para-hydroxylation sites is 1. The van der Waals surface area contributed by atoms with Gasteiger partial charge in [0.1, 0.15) is 10.9 Å². The summed E-state index contributed by atoms with van der Waals surface area (Å²) in [5.41, 5.74) is 1.99. The molecule has 7 heteroatoms. The molecule has 3 rings (SSSR count). The predicted octanol–water partition coefficient (Wildman–Crippen LogP) is 4.81. The van der Waals surface area contributed by atoms with E-state index in [0.29, 0.717) is 17.2 Å². The molecule has 0 radical (unpaired) electrons. The van der Waals surface area contributed by atoms with Gasteiger partial charge in [0.05, 0.1) is 12.0 Å². The van der Waals surface area contributed by atoms with E-state index in [4.69, 9.17) is 4.74 Å². The molecule has 136 valence electrons. The van der Waals surface area contributed by atoms with Gasteiger partial charge in [-0.1, -0.05) is 32.0 Å². The van der Waals surface area contributed by atoms with Crippen LogP contribution in [0, 0.1) is 16.0 Å². The number of thiophene rings is 1. The van der Waals surface area contributed by atoms with E-state index < -0.39 is 22.7 Å². The molecule has 26 heavy (non-hydrogen) atoms. The summed E-state index contributed by atoms with van der Waals surface area (Å²) in [5, 5.41) is 12.4. The molecule has 2 atom stereocenters. The van der Waals surface area contributed by atoms with Crippen LogP contribution < -0.4 is 0 Å². The Labute approximate surface area is 155 Å². The van der Waals surface area contributed by atoms with Crippen LogP contribution in [0.2, 0.25) is 0 Å². The third-order valence-electron chi connectivity index (χ3n) is 4.65. The van der Waals surface area contributed by atoms with Gasteiger partial charge in [-0.15, -0.1) is 11.3 Å². The lowest BCUT2D eigenvalue weighted by Crippen LogP contribution is -2.32. The number of nitro benzene ring substituents is 1. The van der Waals surface area contributed by atoms with Gasteiger partial charge in [0.25, 0.3) is 5.69 Å². The second-order valence-corrected chi connectivity index (χ2v) is 7.67. The smallest absolute Gasteiger partial charge is 0.315 e. The third-order valence-corrected chi connectivity index (χ3v) is 5.99. The second-order valence-electron chi connectivity index (χ2n) is 6.61. The number of nitrogens with zero attached hydrogens (tertiary/aromatic N) is 2. The molecule has 1 aromatic carbocycles. The Morgan fingerprint density at radius 3 is 2.62 bits per heavy atom. The monoisotopic (exact) mass is 372 g/mol. The standard InChI is InChI=1S/C19H20N2O4S/c1-10(2)15-9-13-17(12-7-5-6-8-14(12)21(23)24)16(19(22)25-4)11(3)20-18(13)26-15/h5-10,16-17H,1-4H3. The molecule has 2 aromatic rings. The fourth-order valence-corrected chi connectivity index (χ4v) is 4.50. The summed E-state index contributed by atoms with van der Waals surface area (Å²) in [7, 11) is 1.33. The van der Waals surface area contributed by atoms with Crippen LogP contribution in [0.5, 0.6) is 0 Å². The number of methoxy groups -OCH3 is 1. The van der Waals surface area contributed by atoms with Gasteiger partial charge in [-0.2, -0.15) is 0 Å². The number of ether oxygens (including phenoxy) is 1. The lowest BCUT2D eigenvalue weighted by molar-refractivity contribution is -0.385. The van der Waals surface area contributed by atoms with Gasteiger partial charge >= 0.3 is 5.97 Å². The van der Waals surface area contributed by atoms with Crippen molar-refractivity contribution in [1.29, 1.82) is 0 Å². The Morgan fingerprint density at radius 2 is 2.00 bits per heavy atom. The largest absolute Gasteiger partial charge is 0.468 e. The van der Waals surface area contributed by atoms with Crippen molar-refractivity contribution in [3.05, 3.63) is 56.5 Å². The maximum atomic E-state index is 12.5. The zero-order chi connectivity index (χ0) is 19.0. The van der Waals surface area contributed by atoms with Gasteiger partial charge in [-0.25, -0.2) is 4.99 Å². The maximum absolute atomic E-state index is 12.5. The highest BCUT2D eigenvalue weighted by Gasteiger charge is 2.42. The number of hydrogen-bond donors (Lipinski definition) is 0. The van der Waals surface area contributed by atoms with Crippen molar-refractivity contribution in [1.82, 2.24) is 0 Å². The Balaban J connectivity index is 2.27. The molecule has 0 N–H and O–H groups in total. The molecule has 1 aliphatic heterocycles. The Bertz CT molecular complexity index is 901. The van der Waals surface area contributed by atoms with Crippen molar-refractivity contribution in [3.63, 3.8) is 0 Å². The number of benzene rings is 1. The predicted molar refractivity (Wildman–Crippen MR) is 102 cm³/mol. The van der Waals surface area contributed by atoms with E-state index >= 15 is 0 Å². The van der Waals surface area contributed by atoms with E-state index in [9.17, 15) is 14.9 Å². The van der Waals surface area contributed by atoms with E-state index in [1.165, 1.54) is 13.2 Å². The number of aliphatic imine (C=N–C) groups is 1. The van der Waals surface area contributed by atoms with Gasteiger partial charge in [-0.05, 0) is 24.5 Å². The van der Waals surface area contributed by atoms with E-state index in [1.807, 2.05) is 6.07 Å². The van der Waals surface area contributed by atoms with Gasteiger partial charge < -0.3 is 4.74 Å². The van der Waals surface area contributed by atoms with Gasteiger partial charge in [0.15, 0.2) is 0 Å². The van der Waals surface area contributed by atoms with E-state index in [1.54, 1.807) is 36.5 Å². The third kappa shape index (κ3) is 3.03. The number of rotatable bonds is 4. The molecule has 0 saturated carbocycles. The SMILES string of the molecule is COC(=O)C1C(C)=Nc2sc(C(C)C)cc2C1c1ccccc1[N+](=O)[O-]. The first-order valence-electron chi connectivity index (χ1n) is 8.35. The number of hydrogen-bond acceptors (Lipinski definition) is 6. The summed E-state index contributed by atoms with van der Waals surface area (Å²) >= 11 is 1.57. The summed E-state index contributed by atoms with van der Waals surface area (Å²) < 4.78 is 5.00. The molecule has 0 spiro atoms. The minimum atomic E-state index is -0.678. The second kappa shape index (κ2) is 6.99. The summed E-state index contributed by atoms with van der Waals surface area (Å²) in [6.07, 6.45) is 0. The molecule has 0 aliphatic carbocycles. The molecule has 6 nitrogen and oxygen atoms in total. The number of carbonyl (C=O) groups excluding carboxylic acids is 1. The first-order chi connectivity index (χ1) is 12.3. The van der Waals surface area contributed by atoms with Crippen LogP contribution in [-0.2, 0) is 9.53 Å². The quantitative estimate of drug-likeness (QED) is 0.438. The van der Waals surface area contributed by atoms with Crippen LogP contribution in [0.3, 0.4) is 0 Å². The highest BCUT2D eigenvalue weighted by molar-refractivity contribution is 7.16. The highest BCUT2D eigenvalue weighted by atomic mass is 32.1. The van der Waals surface area contributed by atoms with E-state index in [2.05, 4.69) is 18.8 Å². The fourth-order valence-electron chi connectivity index (χ4n) is 3.36. The van der Waals surface area contributed by atoms with Gasteiger partial charge in [0.2, 0.25) is 0 Å². The van der Waals surface area contributed by atoms with Crippen LogP contribution in [0.15, 0.2) is 35.3 Å². The topological polar surface area (TPSA) is 81.8 Å². The summed E-state index contributed by atoms with van der Waals surface area (Å²) in [6.45, 7) is 5.96.